The molecule has 0 radical (unpaired) electrons. The van der Waals surface area contributed by atoms with Gasteiger partial charge in [-0.25, -0.2) is 21.9 Å². The van der Waals surface area contributed by atoms with Gasteiger partial charge < -0.3 is 15.0 Å². The van der Waals surface area contributed by atoms with Crippen LogP contribution < -0.4 is 10.0 Å². The lowest BCUT2D eigenvalue weighted by atomic mass is 10.1. The van der Waals surface area contributed by atoms with Crippen molar-refractivity contribution in [3.8, 4) is 0 Å². The van der Waals surface area contributed by atoms with Gasteiger partial charge in [-0.3, -0.25) is 0 Å². The minimum absolute atomic E-state index is 0.0608. The molecule has 0 fully saturated rings. The molecule has 0 saturated heterocycles. The largest absolute Gasteiger partial charge is 0.368 e. The molecule has 0 aliphatic heterocycles. The molecule has 2 rings (SSSR count). The molecule has 6 nitrogen and oxygen atoms in total. The van der Waals surface area contributed by atoms with E-state index in [1.807, 2.05) is 0 Å². The van der Waals surface area contributed by atoms with Crippen molar-refractivity contribution in [2.45, 2.75) is 37.4 Å². The SMILES string of the molecule is Cn1cc(S(=O)(=O)NC(C)(C)C)c(Cl)c1C(O)Nc1ccc(F)c(F)c1. The van der Waals surface area contributed by atoms with E-state index in [2.05, 4.69) is 10.0 Å². The first-order valence-corrected chi connectivity index (χ1v) is 9.46. The highest BCUT2D eigenvalue weighted by Gasteiger charge is 2.29. The van der Waals surface area contributed by atoms with Gasteiger partial charge in [0.2, 0.25) is 10.0 Å². The Labute approximate surface area is 155 Å². The molecule has 0 aliphatic carbocycles. The molecule has 1 aromatic carbocycles. The summed E-state index contributed by atoms with van der Waals surface area (Å²) in [6.45, 7) is 5.05. The van der Waals surface area contributed by atoms with E-state index in [9.17, 15) is 22.3 Å². The predicted octanol–water partition coefficient (Wildman–Crippen LogP) is 3.14. The van der Waals surface area contributed by atoms with Crippen LogP contribution in [-0.2, 0) is 17.1 Å². The summed E-state index contributed by atoms with van der Waals surface area (Å²) in [5, 5.41) is 12.7. The number of sulfonamides is 1. The van der Waals surface area contributed by atoms with Crippen molar-refractivity contribution in [2.75, 3.05) is 5.32 Å². The highest BCUT2D eigenvalue weighted by atomic mass is 35.5. The molecule has 0 aliphatic rings. The van der Waals surface area contributed by atoms with Gasteiger partial charge in [0.05, 0.1) is 10.7 Å². The molecule has 1 atom stereocenters. The number of nitrogens with zero attached hydrogens (tertiary/aromatic N) is 1. The van der Waals surface area contributed by atoms with E-state index >= 15 is 0 Å². The average molecular weight is 408 g/mol. The molecule has 2 aromatic rings. The van der Waals surface area contributed by atoms with Crippen molar-refractivity contribution in [2.24, 2.45) is 7.05 Å². The summed E-state index contributed by atoms with van der Waals surface area (Å²) in [7, 11) is -2.41. The zero-order valence-electron chi connectivity index (χ0n) is 14.6. The Hall–Kier alpha value is -1.68. The number of nitrogens with one attached hydrogen (secondary N) is 2. The Balaban J connectivity index is 2.36. The van der Waals surface area contributed by atoms with Crippen LogP contribution in [-0.4, -0.2) is 23.6 Å². The van der Waals surface area contributed by atoms with Crippen molar-refractivity contribution in [1.82, 2.24) is 9.29 Å². The standard InChI is InChI=1S/C16H20ClF2N3O3S/c1-16(2,3)21-26(24,25)12-8-22(4)14(13(12)17)15(23)20-9-5-6-10(18)11(19)7-9/h5-8,15,20-21,23H,1-4H3. The smallest absolute Gasteiger partial charge is 0.244 e. The van der Waals surface area contributed by atoms with E-state index in [0.29, 0.717) is 0 Å². The van der Waals surface area contributed by atoms with Crippen molar-refractivity contribution in [3.63, 3.8) is 0 Å². The second-order valence-corrected chi connectivity index (χ2v) is 8.86. The second-order valence-electron chi connectivity index (χ2n) is 6.83. The highest BCUT2D eigenvalue weighted by Crippen LogP contribution is 2.32. The number of benzene rings is 1. The molecule has 1 aromatic heterocycles. The molecule has 1 heterocycles. The number of halogens is 3. The number of hydrogen-bond donors (Lipinski definition) is 3. The van der Waals surface area contributed by atoms with Gasteiger partial charge in [0.25, 0.3) is 0 Å². The van der Waals surface area contributed by atoms with Crippen LogP contribution in [0.2, 0.25) is 5.02 Å². The van der Waals surface area contributed by atoms with Crippen molar-refractivity contribution in [1.29, 1.82) is 0 Å². The fourth-order valence-electron chi connectivity index (χ4n) is 2.35. The Morgan fingerprint density at radius 1 is 1.23 bits per heavy atom. The maximum Gasteiger partial charge on any atom is 0.244 e. The van der Waals surface area contributed by atoms with E-state index in [0.717, 1.165) is 12.1 Å². The second kappa shape index (κ2) is 7.15. The van der Waals surface area contributed by atoms with Gasteiger partial charge in [-0.2, -0.15) is 0 Å². The van der Waals surface area contributed by atoms with Crippen LogP contribution in [0.5, 0.6) is 0 Å². The number of aliphatic hydroxyl groups is 1. The molecule has 0 amide bonds. The number of hydrogen-bond acceptors (Lipinski definition) is 4. The Kier molecular flexibility index (Phi) is 5.67. The van der Waals surface area contributed by atoms with Crippen molar-refractivity contribution in [3.05, 3.63) is 46.7 Å². The lowest BCUT2D eigenvalue weighted by molar-refractivity contribution is 0.199. The summed E-state index contributed by atoms with van der Waals surface area (Å²) in [5.74, 6) is -2.11. The van der Waals surface area contributed by atoms with Crippen LogP contribution in [0.25, 0.3) is 0 Å². The first-order chi connectivity index (χ1) is 11.8. The molecule has 0 saturated carbocycles. The van der Waals surface area contributed by atoms with E-state index < -0.39 is 33.4 Å². The molecular formula is C16H20ClF2N3O3S. The molecule has 0 spiro atoms. The third-order valence-electron chi connectivity index (χ3n) is 3.34. The molecule has 1 unspecified atom stereocenters. The number of rotatable bonds is 5. The van der Waals surface area contributed by atoms with Crippen molar-refractivity contribution >= 4 is 27.3 Å². The number of anilines is 1. The zero-order valence-corrected chi connectivity index (χ0v) is 16.2. The summed E-state index contributed by atoms with van der Waals surface area (Å²) in [6.07, 6.45) is -0.182. The fraction of sp³-hybridized carbons (Fsp3) is 0.375. The molecule has 144 valence electrons. The quantitative estimate of drug-likeness (QED) is 0.665. The number of aromatic nitrogens is 1. The van der Waals surface area contributed by atoms with E-state index in [-0.39, 0.29) is 21.3 Å². The van der Waals surface area contributed by atoms with Crippen LogP contribution in [0.4, 0.5) is 14.5 Å². The van der Waals surface area contributed by atoms with Crippen LogP contribution in [0.15, 0.2) is 29.3 Å². The summed E-state index contributed by atoms with van der Waals surface area (Å²) in [5.41, 5.74) is -0.558. The Morgan fingerprint density at radius 2 is 1.85 bits per heavy atom. The molecule has 3 N–H and O–H groups in total. The zero-order chi connectivity index (χ0) is 19.9. The lowest BCUT2D eigenvalue weighted by Gasteiger charge is -2.20. The van der Waals surface area contributed by atoms with Crippen LogP contribution in [0, 0.1) is 11.6 Å². The third-order valence-corrected chi connectivity index (χ3v) is 5.62. The molecular weight excluding hydrogens is 388 g/mol. The average Bonchev–Trinajstić information content (AvgIpc) is 2.76. The van der Waals surface area contributed by atoms with Gasteiger partial charge >= 0.3 is 0 Å². The van der Waals surface area contributed by atoms with Gasteiger partial charge in [-0.15, -0.1) is 0 Å². The maximum atomic E-state index is 13.3. The number of aliphatic hydroxyl groups excluding tert-OH is 1. The summed E-state index contributed by atoms with van der Waals surface area (Å²) in [4.78, 5) is -0.197. The third kappa shape index (κ3) is 4.53. The van der Waals surface area contributed by atoms with Crippen LogP contribution >= 0.6 is 11.6 Å². The minimum atomic E-state index is -3.92. The predicted molar refractivity (Wildman–Crippen MR) is 95.4 cm³/mol. The van der Waals surface area contributed by atoms with Gasteiger partial charge in [0.1, 0.15) is 4.90 Å². The molecule has 10 heteroatoms. The van der Waals surface area contributed by atoms with E-state index in [4.69, 9.17) is 11.6 Å². The van der Waals surface area contributed by atoms with Gasteiger partial charge in [-0.05, 0) is 32.9 Å². The van der Waals surface area contributed by atoms with Gasteiger partial charge in [-0.1, -0.05) is 11.6 Å². The number of aryl methyl sites for hydroxylation is 1. The lowest BCUT2D eigenvalue weighted by Crippen LogP contribution is -2.40. The normalized spacial score (nSPS) is 13.7. The topological polar surface area (TPSA) is 83.4 Å². The first kappa shape index (κ1) is 20.6. The summed E-state index contributed by atoms with van der Waals surface area (Å²) in [6, 6.07) is 3.01. The summed E-state index contributed by atoms with van der Waals surface area (Å²) >= 11 is 6.19. The fourth-order valence-corrected chi connectivity index (χ4v) is 4.50. The maximum absolute atomic E-state index is 13.3. The van der Waals surface area contributed by atoms with Gasteiger partial charge in [0, 0.05) is 30.5 Å². The Bertz CT molecular complexity index is 924. The first-order valence-electron chi connectivity index (χ1n) is 7.60. The molecule has 26 heavy (non-hydrogen) atoms. The molecule has 0 bridgehead atoms. The van der Waals surface area contributed by atoms with Crippen LogP contribution in [0.3, 0.4) is 0 Å². The van der Waals surface area contributed by atoms with Crippen LogP contribution in [0.1, 0.15) is 32.7 Å². The summed E-state index contributed by atoms with van der Waals surface area (Å²) < 4.78 is 55.1. The van der Waals surface area contributed by atoms with Gasteiger partial charge in [0.15, 0.2) is 17.9 Å². The highest BCUT2D eigenvalue weighted by molar-refractivity contribution is 7.89. The monoisotopic (exact) mass is 407 g/mol. The van der Waals surface area contributed by atoms with E-state index in [1.165, 1.54) is 23.9 Å². The Morgan fingerprint density at radius 3 is 2.38 bits per heavy atom. The minimum Gasteiger partial charge on any atom is -0.368 e. The van der Waals surface area contributed by atoms with E-state index in [1.54, 1.807) is 20.8 Å². The van der Waals surface area contributed by atoms with Crippen molar-refractivity contribution < 1.29 is 22.3 Å².